The molecule has 0 bridgehead atoms. The van der Waals surface area contributed by atoms with E-state index in [9.17, 15) is 9.59 Å². The number of hydrogen-bond acceptors (Lipinski definition) is 10. The number of pyridine rings is 1. The smallest absolute Gasteiger partial charge is 0.311 e. The van der Waals surface area contributed by atoms with Crippen LogP contribution in [0.25, 0.3) is 11.4 Å². The van der Waals surface area contributed by atoms with Crippen LogP contribution in [-0.4, -0.2) is 63.1 Å². The van der Waals surface area contributed by atoms with Gasteiger partial charge in [-0.25, -0.2) is 4.98 Å². The quantitative estimate of drug-likeness (QED) is 0.534. The second kappa shape index (κ2) is 9.09. The zero-order chi connectivity index (χ0) is 20.9. The molecule has 0 atom stereocenters. The Morgan fingerprint density at radius 2 is 2.23 bits per heavy atom. The number of anilines is 1. The van der Waals surface area contributed by atoms with Crippen LogP contribution in [0.1, 0.15) is 24.4 Å². The van der Waals surface area contributed by atoms with Gasteiger partial charge in [0.25, 0.3) is 0 Å². The Kier molecular flexibility index (Phi) is 6.10. The molecule has 4 rings (SSSR count). The number of nitrogens with zero attached hydrogens (tertiary/aromatic N) is 5. The number of rotatable bonds is 8. The highest BCUT2D eigenvalue weighted by molar-refractivity contribution is 7.13. The molecule has 4 heterocycles. The first kappa shape index (κ1) is 20.1. The van der Waals surface area contributed by atoms with E-state index in [1.807, 2.05) is 17.0 Å². The Morgan fingerprint density at radius 1 is 1.37 bits per heavy atom. The Bertz CT molecular complexity index is 1010. The van der Waals surface area contributed by atoms with Gasteiger partial charge in [0.1, 0.15) is 0 Å². The van der Waals surface area contributed by atoms with E-state index < -0.39 is 0 Å². The van der Waals surface area contributed by atoms with Crippen molar-refractivity contribution in [1.82, 2.24) is 25.0 Å². The summed E-state index contributed by atoms with van der Waals surface area (Å²) in [5.41, 5.74) is 1.38. The van der Waals surface area contributed by atoms with Gasteiger partial charge >= 0.3 is 5.97 Å². The van der Waals surface area contributed by atoms with E-state index in [0.717, 1.165) is 5.56 Å². The highest BCUT2D eigenvalue weighted by atomic mass is 32.1. The molecule has 0 unspecified atom stereocenters. The molecule has 1 saturated heterocycles. The molecular weight excluding hydrogens is 408 g/mol. The summed E-state index contributed by atoms with van der Waals surface area (Å²) < 4.78 is 10.3. The molecule has 1 amide bonds. The fourth-order valence-corrected chi connectivity index (χ4v) is 3.76. The van der Waals surface area contributed by atoms with Crippen molar-refractivity contribution in [3.63, 3.8) is 0 Å². The molecule has 3 aromatic rings. The molecule has 30 heavy (non-hydrogen) atoms. The summed E-state index contributed by atoms with van der Waals surface area (Å²) in [6.45, 7) is 3.65. The van der Waals surface area contributed by atoms with Crippen molar-refractivity contribution >= 4 is 28.3 Å². The Hall–Kier alpha value is -3.18. The number of carbonyl (C=O) groups excluding carboxylic acids is 2. The molecule has 1 aliphatic rings. The van der Waals surface area contributed by atoms with Gasteiger partial charge < -0.3 is 14.6 Å². The molecule has 0 saturated carbocycles. The summed E-state index contributed by atoms with van der Waals surface area (Å²) in [5.74, 6) is 0.685. The molecule has 3 aromatic heterocycles. The minimum atomic E-state index is -0.333. The molecule has 11 heteroatoms. The molecule has 10 nitrogen and oxygen atoms in total. The third-order valence-corrected chi connectivity index (χ3v) is 5.27. The Labute approximate surface area is 176 Å². The maximum Gasteiger partial charge on any atom is 0.311 e. The number of amides is 1. The predicted molar refractivity (Wildman–Crippen MR) is 108 cm³/mol. The second-order valence-corrected chi connectivity index (χ2v) is 7.62. The van der Waals surface area contributed by atoms with E-state index in [0.29, 0.717) is 42.2 Å². The molecule has 1 N–H and O–H groups in total. The van der Waals surface area contributed by atoms with Gasteiger partial charge in [-0.3, -0.25) is 19.5 Å². The lowest BCUT2D eigenvalue weighted by Crippen LogP contribution is -2.48. The predicted octanol–water partition coefficient (Wildman–Crippen LogP) is 1.73. The van der Waals surface area contributed by atoms with Gasteiger partial charge in [-0.15, -0.1) is 11.3 Å². The van der Waals surface area contributed by atoms with Crippen molar-refractivity contribution < 1.29 is 18.8 Å². The monoisotopic (exact) mass is 428 g/mol. The maximum absolute atomic E-state index is 12.2. The first-order valence-electron chi connectivity index (χ1n) is 9.47. The van der Waals surface area contributed by atoms with Crippen LogP contribution in [0.3, 0.4) is 0 Å². The minimum absolute atomic E-state index is 0.0965. The molecule has 0 aliphatic carbocycles. The van der Waals surface area contributed by atoms with E-state index in [4.69, 9.17) is 9.26 Å². The number of carbonyl (C=O) groups is 2. The van der Waals surface area contributed by atoms with Crippen molar-refractivity contribution in [2.24, 2.45) is 0 Å². The van der Waals surface area contributed by atoms with E-state index in [1.54, 1.807) is 24.7 Å². The summed E-state index contributed by atoms with van der Waals surface area (Å²) in [7, 11) is 0. The van der Waals surface area contributed by atoms with Crippen molar-refractivity contribution in [3.8, 4) is 11.4 Å². The topological polar surface area (TPSA) is 123 Å². The number of hydrogen-bond donors (Lipinski definition) is 1. The van der Waals surface area contributed by atoms with Crippen LogP contribution in [0.4, 0.5) is 5.13 Å². The SMILES string of the molecule is CCOC(=O)Cc1csc(NC(=O)CN2CC(c3nc(-c4cccnc4)no3)C2)n1. The molecule has 1 fully saturated rings. The van der Waals surface area contributed by atoms with Crippen LogP contribution in [-0.2, 0) is 20.7 Å². The summed E-state index contributed by atoms with van der Waals surface area (Å²) in [5, 5.41) is 8.97. The summed E-state index contributed by atoms with van der Waals surface area (Å²) in [6.07, 6.45) is 3.47. The van der Waals surface area contributed by atoms with Crippen molar-refractivity contribution in [3.05, 3.63) is 41.5 Å². The van der Waals surface area contributed by atoms with Crippen molar-refractivity contribution in [1.29, 1.82) is 0 Å². The Morgan fingerprint density at radius 3 is 3.00 bits per heavy atom. The summed E-state index contributed by atoms with van der Waals surface area (Å²) in [6, 6.07) is 3.69. The lowest BCUT2D eigenvalue weighted by molar-refractivity contribution is -0.142. The highest BCUT2D eigenvalue weighted by Crippen LogP contribution is 2.27. The molecule has 156 valence electrons. The van der Waals surface area contributed by atoms with Crippen molar-refractivity contribution in [2.75, 3.05) is 31.6 Å². The van der Waals surface area contributed by atoms with Gasteiger partial charge in [-0.1, -0.05) is 5.16 Å². The normalized spacial score (nSPS) is 14.3. The highest BCUT2D eigenvalue weighted by Gasteiger charge is 2.33. The van der Waals surface area contributed by atoms with Crippen LogP contribution in [0.15, 0.2) is 34.4 Å². The fraction of sp³-hybridized carbons (Fsp3) is 0.368. The van der Waals surface area contributed by atoms with Crippen LogP contribution < -0.4 is 5.32 Å². The summed E-state index contributed by atoms with van der Waals surface area (Å²) >= 11 is 1.28. The van der Waals surface area contributed by atoms with Crippen LogP contribution >= 0.6 is 11.3 Å². The third kappa shape index (κ3) is 4.86. The number of thiazole rings is 1. The first-order valence-corrected chi connectivity index (χ1v) is 10.3. The number of ether oxygens (including phenoxy) is 1. The van der Waals surface area contributed by atoms with Crippen LogP contribution in [0.2, 0.25) is 0 Å². The lowest BCUT2D eigenvalue weighted by Gasteiger charge is -2.36. The van der Waals surface area contributed by atoms with Gasteiger partial charge in [0.2, 0.25) is 17.6 Å². The van der Waals surface area contributed by atoms with Gasteiger partial charge in [-0.05, 0) is 19.1 Å². The minimum Gasteiger partial charge on any atom is -0.466 e. The third-order valence-electron chi connectivity index (χ3n) is 4.46. The number of esters is 1. The van der Waals surface area contributed by atoms with E-state index in [2.05, 4.69) is 25.4 Å². The van der Waals surface area contributed by atoms with Gasteiger partial charge in [0, 0.05) is 36.4 Å². The molecule has 0 radical (unpaired) electrons. The second-order valence-electron chi connectivity index (χ2n) is 6.76. The van der Waals surface area contributed by atoms with E-state index in [1.165, 1.54) is 11.3 Å². The standard InChI is InChI=1S/C19H20N6O4S/c1-2-28-16(27)6-14-11-30-19(21-14)22-15(26)10-25-8-13(9-25)18-23-17(24-29-18)12-4-3-5-20-7-12/h3-5,7,11,13H,2,6,8-10H2,1H3,(H,21,22,26). The number of likely N-dealkylation sites (tertiary alicyclic amines) is 1. The molecular formula is C19H20N6O4S. The average molecular weight is 428 g/mol. The zero-order valence-corrected chi connectivity index (χ0v) is 17.1. The zero-order valence-electron chi connectivity index (χ0n) is 16.3. The molecule has 0 aromatic carbocycles. The van der Waals surface area contributed by atoms with Gasteiger partial charge in [-0.2, -0.15) is 4.98 Å². The van der Waals surface area contributed by atoms with Crippen molar-refractivity contribution in [2.45, 2.75) is 19.3 Å². The Balaban J connectivity index is 1.23. The molecule has 1 aliphatic heterocycles. The van der Waals surface area contributed by atoms with E-state index in [-0.39, 0.29) is 30.8 Å². The van der Waals surface area contributed by atoms with Crippen LogP contribution in [0, 0.1) is 0 Å². The molecule has 0 spiro atoms. The van der Waals surface area contributed by atoms with E-state index >= 15 is 0 Å². The van der Waals surface area contributed by atoms with Crippen LogP contribution in [0.5, 0.6) is 0 Å². The lowest BCUT2D eigenvalue weighted by atomic mass is 10.0. The van der Waals surface area contributed by atoms with Gasteiger partial charge in [0.05, 0.1) is 31.2 Å². The maximum atomic E-state index is 12.2. The van der Waals surface area contributed by atoms with Gasteiger partial charge in [0.15, 0.2) is 5.13 Å². The largest absolute Gasteiger partial charge is 0.466 e. The fourth-order valence-electron chi connectivity index (χ4n) is 3.04. The summed E-state index contributed by atoms with van der Waals surface area (Å²) in [4.78, 5) is 38.5. The number of aromatic nitrogens is 4. The average Bonchev–Trinajstić information content (AvgIpc) is 3.35. The number of nitrogens with one attached hydrogen (secondary N) is 1. The first-order chi connectivity index (χ1) is 14.6.